The van der Waals surface area contributed by atoms with Crippen LogP contribution in [0.5, 0.6) is 0 Å². The van der Waals surface area contributed by atoms with Gasteiger partial charge in [-0.25, -0.2) is 14.8 Å². The van der Waals surface area contributed by atoms with Gasteiger partial charge in [-0.3, -0.25) is 0 Å². The van der Waals surface area contributed by atoms with E-state index in [2.05, 4.69) is 20.0 Å². The zero-order valence-corrected chi connectivity index (χ0v) is 10.1. The number of ether oxygens (including phenoxy) is 1. The van der Waals surface area contributed by atoms with E-state index in [4.69, 9.17) is 0 Å². The third-order valence-corrected chi connectivity index (χ3v) is 2.06. The number of rotatable bonds is 4. The first-order valence-corrected chi connectivity index (χ1v) is 5.29. The van der Waals surface area contributed by atoms with E-state index in [9.17, 15) is 4.79 Å². The molecule has 0 aromatic carbocycles. The first-order chi connectivity index (χ1) is 7.58. The predicted octanol–water partition coefficient (Wildman–Crippen LogP) is 1.82. The smallest absolute Gasteiger partial charge is 0.376 e. The lowest BCUT2D eigenvalue weighted by molar-refractivity contribution is 0.0586. The molecule has 0 radical (unpaired) electrons. The van der Waals surface area contributed by atoms with Crippen molar-refractivity contribution < 1.29 is 9.53 Å². The number of aromatic nitrogens is 2. The van der Waals surface area contributed by atoms with Crippen LogP contribution in [-0.2, 0) is 4.74 Å². The number of hydrogen-bond acceptors (Lipinski definition) is 5. The Morgan fingerprint density at radius 3 is 2.69 bits per heavy atom. The van der Waals surface area contributed by atoms with Crippen LogP contribution in [0.15, 0.2) is 6.07 Å². The van der Waals surface area contributed by atoms with Gasteiger partial charge in [0.25, 0.3) is 0 Å². The molecule has 0 saturated carbocycles. The molecule has 0 aliphatic carbocycles. The Morgan fingerprint density at radius 1 is 1.50 bits per heavy atom. The normalized spacial score (nSPS) is 10.3. The van der Waals surface area contributed by atoms with E-state index >= 15 is 0 Å². The lowest BCUT2D eigenvalue weighted by Gasteiger charge is -2.09. The molecule has 0 spiro atoms. The summed E-state index contributed by atoms with van der Waals surface area (Å²) in [7, 11) is 1.32. The minimum atomic E-state index is -0.512. The van der Waals surface area contributed by atoms with Crippen molar-refractivity contribution in [3.63, 3.8) is 0 Å². The van der Waals surface area contributed by atoms with E-state index in [-0.39, 0.29) is 11.7 Å². The lowest BCUT2D eigenvalue weighted by atomic mass is 10.1. The number of carbonyl (C=O) groups is 1. The molecule has 88 valence electrons. The van der Waals surface area contributed by atoms with Gasteiger partial charge in [0.2, 0.25) is 5.82 Å². The van der Waals surface area contributed by atoms with Crippen LogP contribution in [0.4, 0.5) is 5.82 Å². The molecule has 0 fully saturated rings. The fourth-order valence-corrected chi connectivity index (χ4v) is 1.22. The average Bonchev–Trinajstić information content (AvgIpc) is 2.28. The Balaban J connectivity index is 3.13. The second-order valence-electron chi connectivity index (χ2n) is 3.68. The predicted molar refractivity (Wildman–Crippen MR) is 61.6 cm³/mol. The summed E-state index contributed by atoms with van der Waals surface area (Å²) in [6, 6.07) is 1.85. The second-order valence-corrected chi connectivity index (χ2v) is 3.68. The van der Waals surface area contributed by atoms with E-state index in [1.807, 2.05) is 26.8 Å². The van der Waals surface area contributed by atoms with Gasteiger partial charge in [-0.2, -0.15) is 0 Å². The summed E-state index contributed by atoms with van der Waals surface area (Å²) in [6.45, 7) is 6.74. The van der Waals surface area contributed by atoms with Gasteiger partial charge in [0.05, 0.1) is 7.11 Å². The average molecular weight is 223 g/mol. The van der Waals surface area contributed by atoms with Crippen LogP contribution < -0.4 is 5.32 Å². The molecule has 1 N–H and O–H groups in total. The zero-order valence-electron chi connectivity index (χ0n) is 10.1. The maximum Gasteiger partial charge on any atom is 0.376 e. The highest BCUT2D eigenvalue weighted by Gasteiger charge is 2.13. The van der Waals surface area contributed by atoms with Gasteiger partial charge in [-0.15, -0.1) is 0 Å². The number of anilines is 1. The Labute approximate surface area is 95.3 Å². The summed E-state index contributed by atoms with van der Waals surface area (Å²) < 4.78 is 4.61. The summed E-state index contributed by atoms with van der Waals surface area (Å²) in [6.07, 6.45) is 0. The largest absolute Gasteiger partial charge is 0.463 e. The zero-order chi connectivity index (χ0) is 12.1. The summed E-state index contributed by atoms with van der Waals surface area (Å²) in [5.74, 6) is 0.483. The Hall–Kier alpha value is -1.65. The van der Waals surface area contributed by atoms with E-state index in [1.54, 1.807) is 0 Å². The van der Waals surface area contributed by atoms with Crippen LogP contribution in [0.1, 0.15) is 43.0 Å². The molecule has 0 unspecified atom stereocenters. The molecule has 1 rings (SSSR count). The number of hydrogen-bond donors (Lipinski definition) is 1. The lowest BCUT2D eigenvalue weighted by Crippen LogP contribution is -2.12. The summed E-state index contributed by atoms with van der Waals surface area (Å²) in [5, 5.41) is 3.06. The summed E-state index contributed by atoms with van der Waals surface area (Å²) in [5.41, 5.74) is 0.825. The van der Waals surface area contributed by atoms with E-state index in [0.717, 1.165) is 12.2 Å². The first-order valence-electron chi connectivity index (χ1n) is 5.29. The number of esters is 1. The Bertz CT molecular complexity index is 377. The Morgan fingerprint density at radius 2 is 2.19 bits per heavy atom. The van der Waals surface area contributed by atoms with Crippen molar-refractivity contribution >= 4 is 11.8 Å². The quantitative estimate of drug-likeness (QED) is 0.789. The van der Waals surface area contributed by atoms with Crippen LogP contribution in [-0.4, -0.2) is 29.6 Å². The molecule has 5 nitrogen and oxygen atoms in total. The van der Waals surface area contributed by atoms with Gasteiger partial charge in [-0.05, 0) is 12.8 Å². The minimum absolute atomic E-state index is 0.102. The van der Waals surface area contributed by atoms with Crippen LogP contribution in [0.2, 0.25) is 0 Å². The van der Waals surface area contributed by atoms with Gasteiger partial charge in [0.15, 0.2) is 0 Å². The highest BCUT2D eigenvalue weighted by atomic mass is 16.5. The van der Waals surface area contributed by atoms with Gasteiger partial charge >= 0.3 is 5.97 Å². The van der Waals surface area contributed by atoms with Gasteiger partial charge in [0, 0.05) is 18.3 Å². The molecule has 0 saturated heterocycles. The third kappa shape index (κ3) is 2.92. The fourth-order valence-electron chi connectivity index (χ4n) is 1.22. The van der Waals surface area contributed by atoms with Crippen molar-refractivity contribution in [2.24, 2.45) is 0 Å². The maximum absolute atomic E-state index is 11.4. The topological polar surface area (TPSA) is 64.1 Å². The van der Waals surface area contributed by atoms with Crippen LogP contribution in [0.25, 0.3) is 0 Å². The maximum atomic E-state index is 11.4. The molecule has 0 bridgehead atoms. The van der Waals surface area contributed by atoms with E-state index in [1.165, 1.54) is 7.11 Å². The standard InChI is InChI=1S/C11H17N3O2/c1-5-12-9-6-8(7(2)3)13-10(14-9)11(15)16-4/h6-7H,5H2,1-4H3,(H,12,13,14). The summed E-state index contributed by atoms with van der Waals surface area (Å²) in [4.78, 5) is 19.6. The monoisotopic (exact) mass is 223 g/mol. The number of methoxy groups -OCH3 is 1. The molecule has 0 aliphatic rings. The minimum Gasteiger partial charge on any atom is -0.463 e. The van der Waals surface area contributed by atoms with Crippen LogP contribution in [0.3, 0.4) is 0 Å². The van der Waals surface area contributed by atoms with Gasteiger partial charge < -0.3 is 10.1 Å². The highest BCUT2D eigenvalue weighted by Crippen LogP contribution is 2.15. The molecule has 0 atom stereocenters. The summed E-state index contributed by atoms with van der Waals surface area (Å²) >= 11 is 0. The van der Waals surface area contributed by atoms with Crippen molar-refractivity contribution in [1.82, 2.24) is 9.97 Å². The molecule has 5 heteroatoms. The molecular formula is C11H17N3O2. The number of carbonyl (C=O) groups excluding carboxylic acids is 1. The van der Waals surface area contributed by atoms with Crippen molar-refractivity contribution in [3.05, 3.63) is 17.6 Å². The molecule has 16 heavy (non-hydrogen) atoms. The van der Waals surface area contributed by atoms with Crippen LogP contribution >= 0.6 is 0 Å². The SMILES string of the molecule is CCNc1cc(C(C)C)nc(C(=O)OC)n1. The molecular weight excluding hydrogens is 206 g/mol. The second kappa shape index (κ2) is 5.44. The number of nitrogens with zero attached hydrogens (tertiary/aromatic N) is 2. The molecule has 1 aromatic rings. The van der Waals surface area contributed by atoms with Crippen molar-refractivity contribution in [2.45, 2.75) is 26.7 Å². The van der Waals surface area contributed by atoms with Crippen LogP contribution in [0, 0.1) is 0 Å². The van der Waals surface area contributed by atoms with Gasteiger partial charge in [-0.1, -0.05) is 13.8 Å². The number of nitrogens with one attached hydrogen (secondary N) is 1. The molecule has 0 aliphatic heterocycles. The van der Waals surface area contributed by atoms with E-state index in [0.29, 0.717) is 5.82 Å². The highest BCUT2D eigenvalue weighted by molar-refractivity contribution is 5.85. The fraction of sp³-hybridized carbons (Fsp3) is 0.545. The molecule has 0 amide bonds. The van der Waals surface area contributed by atoms with E-state index < -0.39 is 5.97 Å². The molecule has 1 heterocycles. The first kappa shape index (κ1) is 12.4. The van der Waals surface area contributed by atoms with Crippen molar-refractivity contribution in [2.75, 3.05) is 19.0 Å². The Kier molecular flexibility index (Phi) is 4.22. The van der Waals surface area contributed by atoms with Gasteiger partial charge in [0.1, 0.15) is 5.82 Å². The van der Waals surface area contributed by atoms with Crippen molar-refractivity contribution in [3.8, 4) is 0 Å². The molecule has 1 aromatic heterocycles. The van der Waals surface area contributed by atoms with Crippen molar-refractivity contribution in [1.29, 1.82) is 0 Å². The third-order valence-electron chi connectivity index (χ3n) is 2.06.